The standard InChI is InChI=1S/C18H17F2N5O/c19-13-5-4-12(9-14(13)20)11-25-8-2-1-3-16(25)18-23-17(24-26-18)15-10-21-6-7-22-15/h4-7,9-10,16H,1-3,8,11H2. The summed E-state index contributed by atoms with van der Waals surface area (Å²) in [4.78, 5) is 14.8. The van der Waals surface area contributed by atoms with Gasteiger partial charge in [0.25, 0.3) is 0 Å². The Morgan fingerprint density at radius 2 is 2.08 bits per heavy atom. The summed E-state index contributed by atoms with van der Waals surface area (Å²) in [7, 11) is 0. The molecule has 1 aliphatic rings. The fourth-order valence-electron chi connectivity index (χ4n) is 3.22. The molecule has 0 aliphatic carbocycles. The van der Waals surface area contributed by atoms with Crippen LogP contribution in [-0.2, 0) is 6.54 Å². The highest BCUT2D eigenvalue weighted by Gasteiger charge is 2.29. The van der Waals surface area contributed by atoms with E-state index in [1.807, 2.05) is 0 Å². The molecule has 1 unspecified atom stereocenters. The molecule has 0 spiro atoms. The van der Waals surface area contributed by atoms with E-state index < -0.39 is 11.6 Å². The molecule has 1 aliphatic heterocycles. The average molecular weight is 357 g/mol. The number of hydrogen-bond acceptors (Lipinski definition) is 6. The van der Waals surface area contributed by atoms with Crippen LogP contribution >= 0.6 is 0 Å². The van der Waals surface area contributed by atoms with Gasteiger partial charge in [-0.15, -0.1) is 0 Å². The van der Waals surface area contributed by atoms with Gasteiger partial charge in [-0.25, -0.2) is 13.8 Å². The van der Waals surface area contributed by atoms with Gasteiger partial charge in [-0.2, -0.15) is 4.98 Å². The lowest BCUT2D eigenvalue weighted by Crippen LogP contribution is -2.33. The maximum absolute atomic E-state index is 13.5. The van der Waals surface area contributed by atoms with Crippen molar-refractivity contribution >= 4 is 0 Å². The Morgan fingerprint density at radius 1 is 1.15 bits per heavy atom. The summed E-state index contributed by atoms with van der Waals surface area (Å²) in [5, 5.41) is 4.00. The highest BCUT2D eigenvalue weighted by molar-refractivity contribution is 5.45. The maximum Gasteiger partial charge on any atom is 0.244 e. The molecule has 0 bridgehead atoms. The minimum Gasteiger partial charge on any atom is -0.337 e. The Bertz CT molecular complexity index is 886. The largest absolute Gasteiger partial charge is 0.337 e. The van der Waals surface area contributed by atoms with Crippen molar-refractivity contribution < 1.29 is 13.3 Å². The molecule has 1 atom stereocenters. The average Bonchev–Trinajstić information content (AvgIpc) is 3.16. The van der Waals surface area contributed by atoms with Gasteiger partial charge < -0.3 is 4.52 Å². The molecular formula is C18H17F2N5O. The van der Waals surface area contributed by atoms with Crippen LogP contribution in [-0.4, -0.2) is 31.6 Å². The normalized spacial score (nSPS) is 18.2. The van der Waals surface area contributed by atoms with E-state index >= 15 is 0 Å². The van der Waals surface area contributed by atoms with E-state index in [2.05, 4.69) is 25.0 Å². The lowest BCUT2D eigenvalue weighted by molar-refractivity contribution is 0.111. The Morgan fingerprint density at radius 3 is 2.88 bits per heavy atom. The van der Waals surface area contributed by atoms with Crippen LogP contribution in [0.25, 0.3) is 11.5 Å². The first kappa shape index (κ1) is 16.7. The first-order chi connectivity index (χ1) is 12.7. The van der Waals surface area contributed by atoms with Crippen LogP contribution < -0.4 is 0 Å². The fourth-order valence-corrected chi connectivity index (χ4v) is 3.22. The van der Waals surface area contributed by atoms with E-state index in [0.29, 0.717) is 29.5 Å². The zero-order valence-electron chi connectivity index (χ0n) is 14.0. The second-order valence-electron chi connectivity index (χ2n) is 6.28. The van der Waals surface area contributed by atoms with Crippen LogP contribution in [0.5, 0.6) is 0 Å². The number of hydrogen-bond donors (Lipinski definition) is 0. The van der Waals surface area contributed by atoms with Gasteiger partial charge >= 0.3 is 0 Å². The highest BCUT2D eigenvalue weighted by Crippen LogP contribution is 2.32. The molecule has 2 aromatic heterocycles. The topological polar surface area (TPSA) is 67.9 Å². The zero-order valence-corrected chi connectivity index (χ0v) is 14.0. The lowest BCUT2D eigenvalue weighted by atomic mass is 10.0. The fraction of sp³-hybridized carbons (Fsp3) is 0.333. The van der Waals surface area contributed by atoms with Crippen molar-refractivity contribution in [2.45, 2.75) is 31.8 Å². The van der Waals surface area contributed by atoms with E-state index in [1.165, 1.54) is 6.07 Å². The molecule has 0 saturated carbocycles. The van der Waals surface area contributed by atoms with Crippen molar-refractivity contribution in [1.29, 1.82) is 0 Å². The van der Waals surface area contributed by atoms with Crippen LogP contribution in [0.1, 0.15) is 36.8 Å². The molecule has 4 rings (SSSR count). The van der Waals surface area contributed by atoms with Gasteiger partial charge in [-0.1, -0.05) is 17.6 Å². The number of halogens is 2. The van der Waals surface area contributed by atoms with Gasteiger partial charge in [0, 0.05) is 18.9 Å². The second kappa shape index (κ2) is 7.25. The molecular weight excluding hydrogens is 340 g/mol. The van der Waals surface area contributed by atoms with E-state index in [1.54, 1.807) is 24.7 Å². The second-order valence-corrected chi connectivity index (χ2v) is 6.28. The van der Waals surface area contributed by atoms with E-state index in [4.69, 9.17) is 4.52 Å². The van der Waals surface area contributed by atoms with Crippen molar-refractivity contribution in [3.8, 4) is 11.5 Å². The smallest absolute Gasteiger partial charge is 0.244 e. The minimum absolute atomic E-state index is 0.0604. The third-order valence-corrected chi connectivity index (χ3v) is 4.50. The zero-order chi connectivity index (χ0) is 17.9. The Labute approximate surface area is 148 Å². The molecule has 6 nitrogen and oxygen atoms in total. The Kier molecular flexibility index (Phi) is 4.66. The SMILES string of the molecule is Fc1ccc(CN2CCCCC2c2nc(-c3cnccn3)no2)cc1F. The predicted molar refractivity (Wildman–Crippen MR) is 88.7 cm³/mol. The van der Waals surface area contributed by atoms with Crippen molar-refractivity contribution in [3.63, 3.8) is 0 Å². The first-order valence-corrected chi connectivity index (χ1v) is 8.48. The molecule has 134 valence electrons. The first-order valence-electron chi connectivity index (χ1n) is 8.48. The molecule has 3 heterocycles. The van der Waals surface area contributed by atoms with Crippen molar-refractivity contribution in [2.75, 3.05) is 6.54 Å². The van der Waals surface area contributed by atoms with Crippen LogP contribution in [0, 0.1) is 11.6 Å². The third kappa shape index (κ3) is 3.45. The third-order valence-electron chi connectivity index (χ3n) is 4.50. The number of nitrogens with zero attached hydrogens (tertiary/aromatic N) is 5. The molecule has 8 heteroatoms. The lowest BCUT2D eigenvalue weighted by Gasteiger charge is -2.33. The molecule has 0 radical (unpaired) electrons. The minimum atomic E-state index is -0.838. The number of benzene rings is 1. The van der Waals surface area contributed by atoms with E-state index in [-0.39, 0.29) is 6.04 Å². The number of piperidine rings is 1. The number of likely N-dealkylation sites (tertiary alicyclic amines) is 1. The molecule has 0 N–H and O–H groups in total. The van der Waals surface area contributed by atoms with E-state index in [0.717, 1.165) is 31.9 Å². The Hall–Kier alpha value is -2.74. The molecule has 26 heavy (non-hydrogen) atoms. The highest BCUT2D eigenvalue weighted by atomic mass is 19.2. The van der Waals surface area contributed by atoms with Crippen LogP contribution in [0.15, 0.2) is 41.3 Å². The van der Waals surface area contributed by atoms with Crippen LogP contribution in [0.4, 0.5) is 8.78 Å². The van der Waals surface area contributed by atoms with E-state index in [9.17, 15) is 8.78 Å². The summed E-state index contributed by atoms with van der Waals surface area (Å²) in [6, 6.07) is 3.93. The Balaban J connectivity index is 1.56. The summed E-state index contributed by atoms with van der Waals surface area (Å²) in [6.45, 7) is 1.32. The van der Waals surface area contributed by atoms with Crippen molar-refractivity contribution in [1.82, 2.24) is 25.0 Å². The van der Waals surface area contributed by atoms with Gasteiger partial charge in [-0.05, 0) is 37.1 Å². The maximum atomic E-state index is 13.5. The summed E-state index contributed by atoms with van der Waals surface area (Å²) < 4.78 is 32.1. The van der Waals surface area contributed by atoms with Crippen LogP contribution in [0.2, 0.25) is 0 Å². The molecule has 0 amide bonds. The summed E-state index contributed by atoms with van der Waals surface area (Å²) in [5.74, 6) is -0.771. The molecule has 1 saturated heterocycles. The quantitative estimate of drug-likeness (QED) is 0.712. The van der Waals surface area contributed by atoms with Gasteiger partial charge in [0.2, 0.25) is 11.7 Å². The van der Waals surface area contributed by atoms with Crippen molar-refractivity contribution in [2.24, 2.45) is 0 Å². The number of rotatable bonds is 4. The van der Waals surface area contributed by atoms with Gasteiger partial charge in [0.05, 0.1) is 12.2 Å². The number of aromatic nitrogens is 4. The predicted octanol–water partition coefficient (Wildman–Crippen LogP) is 3.53. The molecule has 1 fully saturated rings. The van der Waals surface area contributed by atoms with Gasteiger partial charge in [0.1, 0.15) is 5.69 Å². The van der Waals surface area contributed by atoms with Crippen LogP contribution in [0.3, 0.4) is 0 Å². The molecule has 3 aromatic rings. The van der Waals surface area contributed by atoms with Gasteiger partial charge in [-0.3, -0.25) is 9.88 Å². The summed E-state index contributed by atoms with van der Waals surface area (Å²) >= 11 is 0. The van der Waals surface area contributed by atoms with Gasteiger partial charge in [0.15, 0.2) is 11.6 Å². The monoisotopic (exact) mass is 357 g/mol. The molecule has 1 aromatic carbocycles. The summed E-state index contributed by atoms with van der Waals surface area (Å²) in [5.41, 5.74) is 1.26. The van der Waals surface area contributed by atoms with Crippen molar-refractivity contribution in [3.05, 3.63) is 59.9 Å². The summed E-state index contributed by atoms with van der Waals surface area (Å²) in [6.07, 6.45) is 7.67.